The van der Waals surface area contributed by atoms with Crippen LogP contribution < -0.4 is 4.90 Å². The van der Waals surface area contributed by atoms with Gasteiger partial charge in [0.1, 0.15) is 11.6 Å². The third-order valence-electron chi connectivity index (χ3n) is 6.47. The fraction of sp³-hybridized carbons (Fsp3) is 0.429. The summed E-state index contributed by atoms with van der Waals surface area (Å²) in [5, 5.41) is 10.6. The molecule has 1 unspecified atom stereocenters. The van der Waals surface area contributed by atoms with Crippen LogP contribution in [0.1, 0.15) is 40.7 Å². The van der Waals surface area contributed by atoms with Gasteiger partial charge < -0.3 is 10.0 Å². The Bertz CT molecular complexity index is 1030. The highest BCUT2D eigenvalue weighted by Gasteiger charge is 2.24. The number of hydrogen-bond donors (Lipinski definition) is 1. The first-order valence-electron chi connectivity index (χ1n) is 12.1. The Labute approximate surface area is 198 Å². The van der Waals surface area contributed by atoms with Crippen LogP contribution in [-0.4, -0.2) is 58.8 Å². The monoisotopic (exact) mass is 444 g/mol. The second kappa shape index (κ2) is 10.9. The molecular formula is C28H36N4O. The lowest BCUT2D eigenvalue weighted by atomic mass is 10.0. The second-order valence-electron chi connectivity index (χ2n) is 9.17. The molecule has 174 valence electrons. The molecule has 1 aromatic heterocycles. The third-order valence-corrected chi connectivity index (χ3v) is 6.47. The zero-order valence-electron chi connectivity index (χ0n) is 20.2. The average molecular weight is 445 g/mol. The number of aliphatic hydroxyl groups excluding tert-OH is 1. The van der Waals surface area contributed by atoms with E-state index >= 15 is 0 Å². The van der Waals surface area contributed by atoms with Gasteiger partial charge in [0.15, 0.2) is 0 Å². The molecule has 1 atom stereocenters. The Morgan fingerprint density at radius 1 is 0.879 bits per heavy atom. The summed E-state index contributed by atoms with van der Waals surface area (Å²) in [6.07, 6.45) is 2.12. The highest BCUT2D eigenvalue weighted by Crippen LogP contribution is 2.26. The van der Waals surface area contributed by atoms with Gasteiger partial charge in [-0.15, -0.1) is 0 Å². The van der Waals surface area contributed by atoms with E-state index in [2.05, 4.69) is 60.0 Å². The Kier molecular flexibility index (Phi) is 7.73. The Morgan fingerprint density at radius 3 is 2.24 bits per heavy atom. The summed E-state index contributed by atoms with van der Waals surface area (Å²) in [4.78, 5) is 14.5. The van der Waals surface area contributed by atoms with Gasteiger partial charge in [-0.3, -0.25) is 4.90 Å². The van der Waals surface area contributed by atoms with Gasteiger partial charge in [-0.25, -0.2) is 9.97 Å². The van der Waals surface area contributed by atoms with E-state index < -0.39 is 0 Å². The highest BCUT2D eigenvalue weighted by atomic mass is 16.3. The molecule has 1 aliphatic heterocycles. The number of aliphatic hydroxyl groups is 1. The molecule has 0 amide bonds. The molecule has 3 aromatic rings. The van der Waals surface area contributed by atoms with Crippen molar-refractivity contribution in [2.24, 2.45) is 0 Å². The summed E-state index contributed by atoms with van der Waals surface area (Å²) in [5.41, 5.74) is 6.17. The molecular weight excluding hydrogens is 408 g/mol. The largest absolute Gasteiger partial charge is 0.391 e. The van der Waals surface area contributed by atoms with Crippen LogP contribution in [-0.2, 0) is 19.3 Å². The minimum absolute atomic E-state index is 0.343. The van der Waals surface area contributed by atoms with Crippen molar-refractivity contribution >= 4 is 5.82 Å². The molecule has 4 rings (SSSR count). The summed E-state index contributed by atoms with van der Waals surface area (Å²) < 4.78 is 0. The number of aromatic nitrogens is 2. The number of rotatable bonds is 8. The maximum absolute atomic E-state index is 10.6. The number of β-amino-alcohol motifs (C(OH)–C–C–N with tert-alkyl or cyclic N) is 1. The minimum Gasteiger partial charge on any atom is -0.391 e. The molecule has 1 aliphatic rings. The van der Waals surface area contributed by atoms with E-state index in [1.54, 1.807) is 0 Å². The SMILES string of the molecule is CCc1nc(C)nc(N2CCN(CC(O)Cc3ccccc3)CC2)c1Cc1ccc(C)cc1. The molecule has 1 fully saturated rings. The van der Waals surface area contributed by atoms with E-state index in [4.69, 9.17) is 9.97 Å². The van der Waals surface area contributed by atoms with Gasteiger partial charge in [0.2, 0.25) is 0 Å². The van der Waals surface area contributed by atoms with Gasteiger partial charge in [-0.1, -0.05) is 67.1 Å². The Balaban J connectivity index is 1.43. The van der Waals surface area contributed by atoms with Crippen LogP contribution in [0.15, 0.2) is 54.6 Å². The Morgan fingerprint density at radius 2 is 1.58 bits per heavy atom. The predicted molar refractivity (Wildman–Crippen MR) is 135 cm³/mol. The quantitative estimate of drug-likeness (QED) is 0.570. The summed E-state index contributed by atoms with van der Waals surface area (Å²) in [7, 11) is 0. The smallest absolute Gasteiger partial charge is 0.136 e. The lowest BCUT2D eigenvalue weighted by Crippen LogP contribution is -2.49. The van der Waals surface area contributed by atoms with Crippen LogP contribution in [0.25, 0.3) is 0 Å². The number of piperazine rings is 1. The van der Waals surface area contributed by atoms with Gasteiger partial charge in [0.05, 0.1) is 6.10 Å². The second-order valence-corrected chi connectivity index (χ2v) is 9.17. The first-order valence-corrected chi connectivity index (χ1v) is 12.1. The molecule has 0 spiro atoms. The van der Waals surface area contributed by atoms with Gasteiger partial charge in [-0.2, -0.15) is 0 Å². The van der Waals surface area contributed by atoms with Crippen LogP contribution in [0.5, 0.6) is 0 Å². The molecule has 1 saturated heterocycles. The van der Waals surface area contributed by atoms with E-state index in [1.807, 2.05) is 25.1 Å². The van der Waals surface area contributed by atoms with Crippen molar-refractivity contribution in [2.75, 3.05) is 37.6 Å². The van der Waals surface area contributed by atoms with E-state index in [9.17, 15) is 5.11 Å². The molecule has 2 heterocycles. The molecule has 0 saturated carbocycles. The van der Waals surface area contributed by atoms with Crippen LogP contribution in [0, 0.1) is 13.8 Å². The van der Waals surface area contributed by atoms with Crippen molar-refractivity contribution in [1.29, 1.82) is 0 Å². The molecule has 2 aromatic carbocycles. The van der Waals surface area contributed by atoms with E-state index in [0.29, 0.717) is 13.0 Å². The molecule has 0 bridgehead atoms. The molecule has 0 radical (unpaired) electrons. The normalized spacial score (nSPS) is 15.6. The van der Waals surface area contributed by atoms with Gasteiger partial charge >= 0.3 is 0 Å². The van der Waals surface area contributed by atoms with Crippen molar-refractivity contribution < 1.29 is 5.11 Å². The average Bonchev–Trinajstić information content (AvgIpc) is 2.82. The molecule has 33 heavy (non-hydrogen) atoms. The van der Waals surface area contributed by atoms with Crippen molar-refractivity contribution in [3.8, 4) is 0 Å². The number of anilines is 1. The number of benzene rings is 2. The van der Waals surface area contributed by atoms with Crippen LogP contribution in [0.3, 0.4) is 0 Å². The first kappa shape index (κ1) is 23.4. The number of aryl methyl sites for hydroxylation is 3. The van der Waals surface area contributed by atoms with E-state index in [1.165, 1.54) is 22.3 Å². The fourth-order valence-electron chi connectivity index (χ4n) is 4.67. The molecule has 0 aliphatic carbocycles. The van der Waals surface area contributed by atoms with Crippen LogP contribution in [0.4, 0.5) is 5.82 Å². The minimum atomic E-state index is -0.343. The maximum Gasteiger partial charge on any atom is 0.136 e. The summed E-state index contributed by atoms with van der Waals surface area (Å²) in [5.74, 6) is 1.93. The van der Waals surface area contributed by atoms with Crippen LogP contribution in [0.2, 0.25) is 0 Å². The number of hydrogen-bond acceptors (Lipinski definition) is 5. The van der Waals surface area contributed by atoms with Gasteiger partial charge in [-0.05, 0) is 37.8 Å². The third kappa shape index (κ3) is 6.18. The van der Waals surface area contributed by atoms with Crippen molar-refractivity contribution in [3.63, 3.8) is 0 Å². The fourth-order valence-corrected chi connectivity index (χ4v) is 4.67. The maximum atomic E-state index is 10.6. The van der Waals surface area contributed by atoms with E-state index in [0.717, 1.165) is 56.4 Å². The van der Waals surface area contributed by atoms with Crippen molar-refractivity contribution in [2.45, 2.75) is 46.1 Å². The Hall–Kier alpha value is -2.76. The standard InChI is InChI=1S/C28H36N4O/c1-4-27-26(19-24-12-10-21(2)11-13-24)28(30-22(3)29-27)32-16-14-31(15-17-32)20-25(33)18-23-8-6-5-7-9-23/h5-13,25,33H,4,14-20H2,1-3H3. The molecule has 5 heteroatoms. The summed E-state index contributed by atoms with van der Waals surface area (Å²) in [6, 6.07) is 19.0. The summed E-state index contributed by atoms with van der Waals surface area (Å²) >= 11 is 0. The van der Waals surface area contributed by atoms with Gasteiger partial charge in [0.25, 0.3) is 0 Å². The van der Waals surface area contributed by atoms with Crippen molar-refractivity contribution in [1.82, 2.24) is 14.9 Å². The topological polar surface area (TPSA) is 52.5 Å². The molecule has 1 N–H and O–H groups in total. The predicted octanol–water partition coefficient (Wildman–Crippen LogP) is 3.97. The molecule has 5 nitrogen and oxygen atoms in total. The van der Waals surface area contributed by atoms with Crippen LogP contribution >= 0.6 is 0 Å². The number of nitrogens with zero attached hydrogens (tertiary/aromatic N) is 4. The zero-order valence-corrected chi connectivity index (χ0v) is 20.2. The van der Waals surface area contributed by atoms with Gasteiger partial charge in [0, 0.05) is 50.4 Å². The van der Waals surface area contributed by atoms with E-state index in [-0.39, 0.29) is 6.10 Å². The summed E-state index contributed by atoms with van der Waals surface area (Å²) in [6.45, 7) is 10.7. The zero-order chi connectivity index (χ0) is 23.2. The van der Waals surface area contributed by atoms with Crippen molar-refractivity contribution in [3.05, 3.63) is 88.4 Å². The lowest BCUT2D eigenvalue weighted by molar-refractivity contribution is 0.109. The highest BCUT2D eigenvalue weighted by molar-refractivity contribution is 5.52. The lowest BCUT2D eigenvalue weighted by Gasteiger charge is -2.37. The first-order chi connectivity index (χ1) is 16.0.